The van der Waals surface area contributed by atoms with Gasteiger partial charge in [0.2, 0.25) is 0 Å². The van der Waals surface area contributed by atoms with Gasteiger partial charge in [0.25, 0.3) is 0 Å². The van der Waals surface area contributed by atoms with Gasteiger partial charge in [0.05, 0.1) is 0 Å². The van der Waals surface area contributed by atoms with Crippen LogP contribution in [0.25, 0.3) is 0 Å². The zero-order chi connectivity index (χ0) is 9.68. The van der Waals surface area contributed by atoms with E-state index in [4.69, 9.17) is 11.5 Å². The van der Waals surface area contributed by atoms with Crippen LogP contribution in [-0.4, -0.2) is 6.54 Å². The molecular formula is C10H15BrN2. The number of hydrogen-bond acceptors (Lipinski definition) is 2. The second kappa shape index (κ2) is 5.37. The van der Waals surface area contributed by atoms with Crippen molar-refractivity contribution in [2.75, 3.05) is 6.54 Å². The first-order chi connectivity index (χ1) is 6.24. The average Bonchev–Trinajstić information content (AvgIpc) is 2.15. The molecule has 1 aromatic rings. The molecule has 0 bridgehead atoms. The molecule has 13 heavy (non-hydrogen) atoms. The quantitative estimate of drug-likeness (QED) is 0.851. The Balaban J connectivity index is 2.55. The first-order valence-corrected chi connectivity index (χ1v) is 5.24. The molecule has 72 valence electrons. The Labute approximate surface area is 87.4 Å². The lowest BCUT2D eigenvalue weighted by molar-refractivity contribution is 0.618. The highest BCUT2D eigenvalue weighted by Gasteiger charge is 2.03. The van der Waals surface area contributed by atoms with Gasteiger partial charge in [-0.2, -0.15) is 0 Å². The molecule has 2 nitrogen and oxygen atoms in total. The predicted octanol–water partition coefficient (Wildman–Crippen LogP) is 2.19. The van der Waals surface area contributed by atoms with Crippen molar-refractivity contribution in [3.8, 4) is 0 Å². The number of benzene rings is 1. The number of rotatable bonds is 4. The SMILES string of the molecule is NCCCC(N)c1ccc(Br)cc1. The van der Waals surface area contributed by atoms with Crippen LogP contribution in [-0.2, 0) is 0 Å². The summed E-state index contributed by atoms with van der Waals surface area (Å²) in [5.74, 6) is 0. The normalized spacial score (nSPS) is 12.8. The van der Waals surface area contributed by atoms with E-state index in [1.54, 1.807) is 0 Å². The molecule has 3 heteroatoms. The molecule has 1 atom stereocenters. The standard InChI is InChI=1S/C10H15BrN2/c11-9-5-3-8(4-6-9)10(13)2-1-7-12/h3-6,10H,1-2,7,12-13H2. The molecule has 0 aliphatic heterocycles. The molecule has 0 fully saturated rings. The van der Waals surface area contributed by atoms with Crippen LogP contribution < -0.4 is 11.5 Å². The summed E-state index contributed by atoms with van der Waals surface area (Å²) in [6, 6.07) is 8.24. The topological polar surface area (TPSA) is 52.0 Å². The summed E-state index contributed by atoms with van der Waals surface area (Å²) in [5, 5.41) is 0. The third-order valence-electron chi connectivity index (χ3n) is 2.02. The van der Waals surface area contributed by atoms with Crippen LogP contribution >= 0.6 is 15.9 Å². The Kier molecular flexibility index (Phi) is 4.42. The van der Waals surface area contributed by atoms with Gasteiger partial charge >= 0.3 is 0 Å². The fourth-order valence-electron chi connectivity index (χ4n) is 1.21. The van der Waals surface area contributed by atoms with Crippen molar-refractivity contribution in [1.82, 2.24) is 0 Å². The Morgan fingerprint density at radius 1 is 1.23 bits per heavy atom. The van der Waals surface area contributed by atoms with E-state index in [-0.39, 0.29) is 6.04 Å². The first-order valence-electron chi connectivity index (χ1n) is 4.45. The highest BCUT2D eigenvalue weighted by atomic mass is 79.9. The molecule has 0 spiro atoms. The van der Waals surface area contributed by atoms with Crippen molar-refractivity contribution >= 4 is 15.9 Å². The molecule has 0 radical (unpaired) electrons. The monoisotopic (exact) mass is 242 g/mol. The van der Waals surface area contributed by atoms with Crippen molar-refractivity contribution in [1.29, 1.82) is 0 Å². The van der Waals surface area contributed by atoms with Gasteiger partial charge in [-0.05, 0) is 37.1 Å². The second-order valence-corrected chi connectivity index (χ2v) is 4.00. The number of hydrogen-bond donors (Lipinski definition) is 2. The summed E-state index contributed by atoms with van der Waals surface area (Å²) < 4.78 is 1.09. The maximum Gasteiger partial charge on any atom is 0.0295 e. The van der Waals surface area contributed by atoms with Crippen molar-refractivity contribution in [3.63, 3.8) is 0 Å². The van der Waals surface area contributed by atoms with Crippen LogP contribution in [0.2, 0.25) is 0 Å². The molecular weight excluding hydrogens is 228 g/mol. The predicted molar refractivity (Wildman–Crippen MR) is 59.4 cm³/mol. The molecule has 1 rings (SSSR count). The van der Waals surface area contributed by atoms with Crippen LogP contribution in [0.5, 0.6) is 0 Å². The van der Waals surface area contributed by atoms with E-state index in [1.807, 2.05) is 24.3 Å². The summed E-state index contributed by atoms with van der Waals surface area (Å²) >= 11 is 3.39. The fraction of sp³-hybridized carbons (Fsp3) is 0.400. The Hall–Kier alpha value is -0.380. The molecule has 0 aliphatic carbocycles. The molecule has 1 unspecified atom stereocenters. The van der Waals surface area contributed by atoms with Crippen molar-refractivity contribution < 1.29 is 0 Å². The van der Waals surface area contributed by atoms with Crippen molar-refractivity contribution in [2.24, 2.45) is 11.5 Å². The molecule has 0 heterocycles. The number of halogens is 1. The van der Waals surface area contributed by atoms with Gasteiger partial charge in [-0.25, -0.2) is 0 Å². The Morgan fingerprint density at radius 2 is 1.85 bits per heavy atom. The largest absolute Gasteiger partial charge is 0.330 e. The minimum atomic E-state index is 0.122. The summed E-state index contributed by atoms with van der Waals surface area (Å²) in [6.45, 7) is 0.713. The first kappa shape index (κ1) is 10.7. The van der Waals surface area contributed by atoms with E-state index in [0.717, 1.165) is 17.3 Å². The second-order valence-electron chi connectivity index (χ2n) is 3.09. The van der Waals surface area contributed by atoms with Gasteiger partial charge in [0.1, 0.15) is 0 Å². The highest BCUT2D eigenvalue weighted by Crippen LogP contribution is 2.18. The van der Waals surface area contributed by atoms with Crippen molar-refractivity contribution in [2.45, 2.75) is 18.9 Å². The summed E-state index contributed by atoms with van der Waals surface area (Å²) in [6.07, 6.45) is 1.94. The van der Waals surface area contributed by atoms with E-state index in [2.05, 4.69) is 15.9 Å². The lowest BCUT2D eigenvalue weighted by atomic mass is 10.0. The van der Waals surface area contributed by atoms with Crippen LogP contribution in [0.4, 0.5) is 0 Å². The third-order valence-corrected chi connectivity index (χ3v) is 2.55. The Bertz CT molecular complexity index is 246. The van der Waals surface area contributed by atoms with E-state index >= 15 is 0 Å². The lowest BCUT2D eigenvalue weighted by Gasteiger charge is -2.10. The van der Waals surface area contributed by atoms with Gasteiger partial charge in [-0.15, -0.1) is 0 Å². The lowest BCUT2D eigenvalue weighted by Crippen LogP contribution is -2.12. The van der Waals surface area contributed by atoms with Gasteiger partial charge in [0, 0.05) is 10.5 Å². The molecule has 0 saturated heterocycles. The maximum atomic E-state index is 5.96. The van der Waals surface area contributed by atoms with E-state index in [0.29, 0.717) is 6.54 Å². The zero-order valence-corrected chi connectivity index (χ0v) is 9.13. The van der Waals surface area contributed by atoms with Gasteiger partial charge < -0.3 is 11.5 Å². The van der Waals surface area contributed by atoms with Crippen LogP contribution in [0, 0.1) is 0 Å². The van der Waals surface area contributed by atoms with Gasteiger partial charge in [-0.1, -0.05) is 28.1 Å². The molecule has 0 aromatic heterocycles. The van der Waals surface area contributed by atoms with Gasteiger partial charge in [-0.3, -0.25) is 0 Å². The molecule has 0 aliphatic rings. The molecule has 0 amide bonds. The smallest absolute Gasteiger partial charge is 0.0295 e. The van der Waals surface area contributed by atoms with Crippen LogP contribution in [0.15, 0.2) is 28.7 Å². The average molecular weight is 243 g/mol. The fourth-order valence-corrected chi connectivity index (χ4v) is 1.48. The van der Waals surface area contributed by atoms with Crippen LogP contribution in [0.1, 0.15) is 24.4 Å². The summed E-state index contributed by atoms with van der Waals surface area (Å²) in [5.41, 5.74) is 12.6. The summed E-state index contributed by atoms with van der Waals surface area (Å²) in [7, 11) is 0. The van der Waals surface area contributed by atoms with E-state index < -0.39 is 0 Å². The molecule has 1 aromatic carbocycles. The maximum absolute atomic E-state index is 5.96. The van der Waals surface area contributed by atoms with Crippen LogP contribution in [0.3, 0.4) is 0 Å². The minimum Gasteiger partial charge on any atom is -0.330 e. The zero-order valence-electron chi connectivity index (χ0n) is 7.54. The van der Waals surface area contributed by atoms with E-state index in [1.165, 1.54) is 5.56 Å². The Morgan fingerprint density at radius 3 is 2.38 bits per heavy atom. The van der Waals surface area contributed by atoms with Gasteiger partial charge in [0.15, 0.2) is 0 Å². The number of nitrogens with two attached hydrogens (primary N) is 2. The highest BCUT2D eigenvalue weighted by molar-refractivity contribution is 9.10. The summed E-state index contributed by atoms with van der Waals surface area (Å²) in [4.78, 5) is 0. The van der Waals surface area contributed by atoms with E-state index in [9.17, 15) is 0 Å². The molecule has 0 saturated carbocycles. The molecule has 4 N–H and O–H groups in total. The minimum absolute atomic E-state index is 0.122. The third kappa shape index (κ3) is 3.46. The van der Waals surface area contributed by atoms with Crippen molar-refractivity contribution in [3.05, 3.63) is 34.3 Å².